The quantitative estimate of drug-likeness (QED) is 0.791. The van der Waals surface area contributed by atoms with Crippen LogP contribution in [-0.4, -0.2) is 15.6 Å². The van der Waals surface area contributed by atoms with Crippen molar-refractivity contribution in [3.8, 4) is 0 Å². The molecule has 66 valence electrons. The molecular weight excluding hydrogens is 286 g/mol. The van der Waals surface area contributed by atoms with E-state index in [1.807, 2.05) is 0 Å². The first-order valence-electron chi connectivity index (χ1n) is 3.84. The molecular formula is C7H9Br2N3. The molecule has 1 aromatic rings. The van der Waals surface area contributed by atoms with Gasteiger partial charge in [0.2, 0.25) is 0 Å². The highest BCUT2D eigenvalue weighted by Crippen LogP contribution is 2.27. The molecule has 0 aromatic carbocycles. The molecule has 1 atom stereocenters. The van der Waals surface area contributed by atoms with Gasteiger partial charge in [-0.3, -0.25) is 0 Å². The molecule has 2 rings (SSSR count). The number of aryl methyl sites for hydroxylation is 1. The number of nitrogens with zero attached hydrogens (tertiary/aromatic N) is 2. The molecule has 0 saturated carbocycles. The Labute approximate surface area is 87.6 Å². The third kappa shape index (κ3) is 1.34. The molecule has 2 N–H and O–H groups in total. The second-order valence-electron chi connectivity index (χ2n) is 3.02. The van der Waals surface area contributed by atoms with Gasteiger partial charge in [-0.1, -0.05) is 0 Å². The Morgan fingerprint density at radius 1 is 1.50 bits per heavy atom. The van der Waals surface area contributed by atoms with E-state index in [1.54, 1.807) is 0 Å². The number of aromatic nitrogens is 2. The highest BCUT2D eigenvalue weighted by atomic mass is 79.9. The summed E-state index contributed by atoms with van der Waals surface area (Å²) in [5, 5.41) is 0. The Morgan fingerprint density at radius 3 is 3.00 bits per heavy atom. The van der Waals surface area contributed by atoms with Gasteiger partial charge in [-0.05, 0) is 38.3 Å². The van der Waals surface area contributed by atoms with E-state index < -0.39 is 0 Å². The van der Waals surface area contributed by atoms with Gasteiger partial charge in [0.1, 0.15) is 15.0 Å². The van der Waals surface area contributed by atoms with Crippen LogP contribution >= 0.6 is 31.9 Å². The number of halogens is 2. The van der Waals surface area contributed by atoms with E-state index in [0.717, 1.165) is 34.4 Å². The van der Waals surface area contributed by atoms with Gasteiger partial charge in [-0.2, -0.15) is 0 Å². The Bertz CT molecular complexity index is 308. The second-order valence-corrected chi connectivity index (χ2v) is 4.52. The third-order valence-electron chi connectivity index (χ3n) is 2.10. The molecule has 5 heteroatoms. The van der Waals surface area contributed by atoms with Crippen LogP contribution in [-0.2, 0) is 13.0 Å². The first kappa shape index (κ1) is 8.72. The SMILES string of the molecule is N[C@@H]1CCc2nc(Br)c(Br)n2C1. The van der Waals surface area contributed by atoms with Crippen molar-refractivity contribution in [2.24, 2.45) is 5.73 Å². The molecule has 2 heterocycles. The maximum atomic E-state index is 5.84. The molecule has 12 heavy (non-hydrogen) atoms. The van der Waals surface area contributed by atoms with Crippen LogP contribution in [0.25, 0.3) is 0 Å². The van der Waals surface area contributed by atoms with E-state index in [-0.39, 0.29) is 6.04 Å². The minimum atomic E-state index is 0.273. The molecule has 0 unspecified atom stereocenters. The van der Waals surface area contributed by atoms with E-state index in [1.165, 1.54) is 0 Å². The lowest BCUT2D eigenvalue weighted by Crippen LogP contribution is -2.32. The molecule has 3 nitrogen and oxygen atoms in total. The smallest absolute Gasteiger partial charge is 0.139 e. The zero-order chi connectivity index (χ0) is 8.72. The van der Waals surface area contributed by atoms with Crippen LogP contribution < -0.4 is 5.73 Å². The van der Waals surface area contributed by atoms with Gasteiger partial charge in [-0.15, -0.1) is 0 Å². The molecule has 0 aliphatic carbocycles. The number of hydrogen-bond donors (Lipinski definition) is 1. The van der Waals surface area contributed by atoms with E-state index in [2.05, 4.69) is 41.4 Å². The summed E-state index contributed by atoms with van der Waals surface area (Å²) in [7, 11) is 0. The second kappa shape index (κ2) is 3.12. The van der Waals surface area contributed by atoms with Gasteiger partial charge in [-0.25, -0.2) is 4.98 Å². The van der Waals surface area contributed by atoms with E-state index in [4.69, 9.17) is 5.73 Å². The van der Waals surface area contributed by atoms with E-state index in [9.17, 15) is 0 Å². The fourth-order valence-corrected chi connectivity index (χ4v) is 2.32. The van der Waals surface area contributed by atoms with Crippen molar-refractivity contribution in [2.45, 2.75) is 25.4 Å². The monoisotopic (exact) mass is 293 g/mol. The van der Waals surface area contributed by atoms with Crippen molar-refractivity contribution < 1.29 is 0 Å². The average Bonchev–Trinajstić information content (AvgIpc) is 2.31. The molecule has 1 aliphatic heterocycles. The van der Waals surface area contributed by atoms with Crippen molar-refractivity contribution in [1.29, 1.82) is 0 Å². The molecule has 0 saturated heterocycles. The number of imidazole rings is 1. The minimum Gasteiger partial charge on any atom is -0.326 e. The molecule has 0 fully saturated rings. The van der Waals surface area contributed by atoms with E-state index >= 15 is 0 Å². The Kier molecular flexibility index (Phi) is 2.27. The van der Waals surface area contributed by atoms with Crippen molar-refractivity contribution >= 4 is 31.9 Å². The highest BCUT2D eigenvalue weighted by Gasteiger charge is 2.20. The molecule has 0 amide bonds. The van der Waals surface area contributed by atoms with Gasteiger partial charge >= 0.3 is 0 Å². The van der Waals surface area contributed by atoms with Crippen LogP contribution in [0.15, 0.2) is 9.21 Å². The van der Waals surface area contributed by atoms with Crippen LogP contribution in [0.2, 0.25) is 0 Å². The van der Waals surface area contributed by atoms with Crippen LogP contribution in [0.4, 0.5) is 0 Å². The summed E-state index contributed by atoms with van der Waals surface area (Å²) in [4.78, 5) is 4.36. The lowest BCUT2D eigenvalue weighted by atomic mass is 10.1. The maximum absolute atomic E-state index is 5.84. The topological polar surface area (TPSA) is 43.8 Å². The Hall–Kier alpha value is 0.130. The average molecular weight is 295 g/mol. The minimum absolute atomic E-state index is 0.273. The van der Waals surface area contributed by atoms with Gasteiger partial charge in [0.15, 0.2) is 0 Å². The van der Waals surface area contributed by atoms with Crippen LogP contribution in [0.1, 0.15) is 12.2 Å². The van der Waals surface area contributed by atoms with Gasteiger partial charge < -0.3 is 10.3 Å². The van der Waals surface area contributed by atoms with Crippen molar-refractivity contribution in [2.75, 3.05) is 0 Å². The number of fused-ring (bicyclic) bond motifs is 1. The lowest BCUT2D eigenvalue weighted by Gasteiger charge is -2.20. The third-order valence-corrected chi connectivity index (χ3v) is 3.99. The predicted octanol–water partition coefficient (Wildman–Crippen LogP) is 1.68. The molecule has 0 radical (unpaired) electrons. The normalized spacial score (nSPS) is 22.4. The van der Waals surface area contributed by atoms with Crippen molar-refractivity contribution in [3.05, 3.63) is 15.0 Å². The van der Waals surface area contributed by atoms with Crippen molar-refractivity contribution in [1.82, 2.24) is 9.55 Å². The summed E-state index contributed by atoms with van der Waals surface area (Å²) in [6.07, 6.45) is 2.02. The summed E-state index contributed by atoms with van der Waals surface area (Å²) in [6.45, 7) is 0.870. The van der Waals surface area contributed by atoms with Gasteiger partial charge in [0.05, 0.1) is 0 Å². The van der Waals surface area contributed by atoms with Crippen molar-refractivity contribution in [3.63, 3.8) is 0 Å². The van der Waals surface area contributed by atoms with Gasteiger partial charge in [0.25, 0.3) is 0 Å². The molecule has 1 aliphatic rings. The Balaban J connectivity index is 2.44. The highest BCUT2D eigenvalue weighted by molar-refractivity contribution is 9.13. The number of nitrogens with two attached hydrogens (primary N) is 1. The molecule has 0 spiro atoms. The Morgan fingerprint density at radius 2 is 2.25 bits per heavy atom. The summed E-state index contributed by atoms with van der Waals surface area (Å²) in [5.41, 5.74) is 5.84. The zero-order valence-electron chi connectivity index (χ0n) is 6.43. The summed E-state index contributed by atoms with van der Waals surface area (Å²) >= 11 is 6.84. The van der Waals surface area contributed by atoms with Crippen LogP contribution in [0, 0.1) is 0 Å². The first-order chi connectivity index (χ1) is 5.68. The lowest BCUT2D eigenvalue weighted by molar-refractivity contribution is 0.449. The fraction of sp³-hybridized carbons (Fsp3) is 0.571. The standard InChI is InChI=1S/C7H9Br2N3/c8-6-7(9)12-3-4(10)1-2-5(12)11-6/h4H,1-3,10H2/t4-/m1/s1. The maximum Gasteiger partial charge on any atom is 0.139 e. The van der Waals surface area contributed by atoms with E-state index in [0.29, 0.717) is 0 Å². The molecule has 0 bridgehead atoms. The zero-order valence-corrected chi connectivity index (χ0v) is 9.60. The number of rotatable bonds is 0. The summed E-state index contributed by atoms with van der Waals surface area (Å²) in [6, 6.07) is 0.273. The molecule has 1 aromatic heterocycles. The van der Waals surface area contributed by atoms with Crippen LogP contribution in [0.5, 0.6) is 0 Å². The summed E-state index contributed by atoms with van der Waals surface area (Å²) < 4.78 is 4.01. The largest absolute Gasteiger partial charge is 0.326 e. The van der Waals surface area contributed by atoms with Crippen LogP contribution in [0.3, 0.4) is 0 Å². The number of hydrogen-bond acceptors (Lipinski definition) is 2. The first-order valence-corrected chi connectivity index (χ1v) is 5.43. The summed E-state index contributed by atoms with van der Waals surface area (Å²) in [5.74, 6) is 1.12. The predicted molar refractivity (Wildman–Crippen MR) is 53.9 cm³/mol. The fourth-order valence-electron chi connectivity index (χ4n) is 1.46. The van der Waals surface area contributed by atoms with Gasteiger partial charge in [0, 0.05) is 19.0 Å².